The summed E-state index contributed by atoms with van der Waals surface area (Å²) in [6.45, 7) is 8.05. The first-order valence-corrected chi connectivity index (χ1v) is 4.15. The van der Waals surface area contributed by atoms with Gasteiger partial charge in [0.15, 0.2) is 0 Å². The van der Waals surface area contributed by atoms with Gasteiger partial charge in [-0.1, -0.05) is 17.7 Å². The third kappa shape index (κ3) is 1.55. The standard InChI is InChI=1S/C11H15N/c1-7-5-8(2)11(10(4)12)9(3)6-7/h5-6,12H,1-4H3. The van der Waals surface area contributed by atoms with Crippen molar-refractivity contribution in [3.63, 3.8) is 0 Å². The lowest BCUT2D eigenvalue weighted by Gasteiger charge is -2.09. The Bertz CT molecular complexity index is 301. The van der Waals surface area contributed by atoms with Crippen LogP contribution in [0.5, 0.6) is 0 Å². The molecule has 1 nitrogen and oxygen atoms in total. The molecule has 0 aromatic heterocycles. The molecular weight excluding hydrogens is 146 g/mol. The molecule has 0 radical (unpaired) electrons. The molecule has 0 bridgehead atoms. The Morgan fingerprint density at radius 3 is 1.83 bits per heavy atom. The molecule has 0 aliphatic carbocycles. The first kappa shape index (κ1) is 8.98. The monoisotopic (exact) mass is 161 g/mol. The van der Waals surface area contributed by atoms with Crippen LogP contribution in [0.4, 0.5) is 0 Å². The van der Waals surface area contributed by atoms with Crippen molar-refractivity contribution in [1.29, 1.82) is 5.41 Å². The highest BCUT2D eigenvalue weighted by Gasteiger charge is 2.04. The molecule has 1 aromatic rings. The van der Waals surface area contributed by atoms with Crippen molar-refractivity contribution in [2.45, 2.75) is 27.7 Å². The van der Waals surface area contributed by atoms with Crippen LogP contribution in [0.25, 0.3) is 0 Å². The van der Waals surface area contributed by atoms with Crippen LogP contribution in [0, 0.1) is 26.2 Å². The van der Waals surface area contributed by atoms with Gasteiger partial charge in [-0.05, 0) is 38.8 Å². The fourth-order valence-corrected chi connectivity index (χ4v) is 1.77. The fourth-order valence-electron chi connectivity index (χ4n) is 1.77. The molecule has 0 unspecified atom stereocenters. The molecule has 0 amide bonds. The van der Waals surface area contributed by atoms with E-state index in [9.17, 15) is 0 Å². The second kappa shape index (κ2) is 3.10. The molecular formula is C11H15N. The predicted molar refractivity (Wildman–Crippen MR) is 53.2 cm³/mol. The van der Waals surface area contributed by atoms with Gasteiger partial charge in [0.25, 0.3) is 0 Å². The molecule has 1 aromatic carbocycles. The van der Waals surface area contributed by atoms with Gasteiger partial charge < -0.3 is 5.41 Å². The van der Waals surface area contributed by atoms with Crippen LogP contribution in [-0.4, -0.2) is 5.71 Å². The summed E-state index contributed by atoms with van der Waals surface area (Å²) in [7, 11) is 0. The van der Waals surface area contributed by atoms with Gasteiger partial charge >= 0.3 is 0 Å². The van der Waals surface area contributed by atoms with Gasteiger partial charge in [-0.3, -0.25) is 0 Å². The summed E-state index contributed by atoms with van der Waals surface area (Å²) in [6.07, 6.45) is 0. The zero-order chi connectivity index (χ0) is 9.30. The molecule has 0 fully saturated rings. The van der Waals surface area contributed by atoms with Crippen molar-refractivity contribution in [1.82, 2.24) is 0 Å². The summed E-state index contributed by atoms with van der Waals surface area (Å²) in [5.41, 5.74) is 5.44. The Kier molecular flexibility index (Phi) is 2.32. The molecule has 0 atom stereocenters. The molecule has 12 heavy (non-hydrogen) atoms. The van der Waals surface area contributed by atoms with Crippen LogP contribution >= 0.6 is 0 Å². The Morgan fingerprint density at radius 1 is 1.08 bits per heavy atom. The number of nitrogens with one attached hydrogen (secondary N) is 1. The van der Waals surface area contributed by atoms with Crippen LogP contribution in [0.2, 0.25) is 0 Å². The summed E-state index contributed by atoms with van der Waals surface area (Å²) in [6, 6.07) is 4.25. The molecule has 64 valence electrons. The normalized spacial score (nSPS) is 10.0. The van der Waals surface area contributed by atoms with E-state index in [0.29, 0.717) is 5.71 Å². The maximum atomic E-state index is 7.59. The van der Waals surface area contributed by atoms with Crippen molar-refractivity contribution < 1.29 is 0 Å². The molecule has 0 heterocycles. The van der Waals surface area contributed by atoms with Gasteiger partial charge in [0.05, 0.1) is 0 Å². The van der Waals surface area contributed by atoms with Crippen molar-refractivity contribution in [3.8, 4) is 0 Å². The maximum absolute atomic E-state index is 7.59. The highest BCUT2D eigenvalue weighted by molar-refractivity contribution is 5.98. The zero-order valence-electron chi connectivity index (χ0n) is 8.15. The van der Waals surface area contributed by atoms with E-state index in [1.54, 1.807) is 0 Å². The van der Waals surface area contributed by atoms with Gasteiger partial charge in [-0.25, -0.2) is 0 Å². The van der Waals surface area contributed by atoms with Crippen LogP contribution in [0.3, 0.4) is 0 Å². The summed E-state index contributed by atoms with van der Waals surface area (Å²) >= 11 is 0. The number of hydrogen-bond donors (Lipinski definition) is 1. The largest absolute Gasteiger partial charge is 0.305 e. The molecule has 1 N–H and O–H groups in total. The zero-order valence-corrected chi connectivity index (χ0v) is 8.15. The fraction of sp³-hybridized carbons (Fsp3) is 0.364. The third-order valence-corrected chi connectivity index (χ3v) is 2.05. The first-order chi connectivity index (χ1) is 5.52. The van der Waals surface area contributed by atoms with Crippen LogP contribution < -0.4 is 0 Å². The summed E-state index contributed by atoms with van der Waals surface area (Å²) < 4.78 is 0. The van der Waals surface area contributed by atoms with Crippen molar-refractivity contribution in [2.24, 2.45) is 0 Å². The van der Waals surface area contributed by atoms with E-state index in [1.165, 1.54) is 16.7 Å². The van der Waals surface area contributed by atoms with E-state index in [2.05, 4.69) is 32.9 Å². The van der Waals surface area contributed by atoms with Gasteiger partial charge in [-0.2, -0.15) is 0 Å². The van der Waals surface area contributed by atoms with Crippen LogP contribution in [0.1, 0.15) is 29.2 Å². The lowest BCUT2D eigenvalue weighted by atomic mass is 9.97. The van der Waals surface area contributed by atoms with Crippen LogP contribution in [0.15, 0.2) is 12.1 Å². The Hall–Kier alpha value is -1.11. The number of rotatable bonds is 1. The predicted octanol–water partition coefficient (Wildman–Crippen LogP) is 3.00. The van der Waals surface area contributed by atoms with Gasteiger partial charge in [0.1, 0.15) is 0 Å². The SMILES string of the molecule is CC(=N)c1c(C)cc(C)cc1C. The topological polar surface area (TPSA) is 23.9 Å². The minimum absolute atomic E-state index is 0.657. The van der Waals surface area contributed by atoms with Crippen molar-refractivity contribution >= 4 is 5.71 Å². The summed E-state index contributed by atoms with van der Waals surface area (Å²) in [5, 5.41) is 7.59. The third-order valence-electron chi connectivity index (χ3n) is 2.05. The second-order valence-corrected chi connectivity index (χ2v) is 3.40. The maximum Gasteiger partial charge on any atom is 0.0360 e. The highest BCUT2D eigenvalue weighted by atomic mass is 14.4. The van der Waals surface area contributed by atoms with E-state index in [-0.39, 0.29) is 0 Å². The minimum Gasteiger partial charge on any atom is -0.305 e. The molecule has 0 saturated carbocycles. The van der Waals surface area contributed by atoms with Gasteiger partial charge in [-0.15, -0.1) is 0 Å². The molecule has 0 spiro atoms. The van der Waals surface area contributed by atoms with Crippen molar-refractivity contribution in [3.05, 3.63) is 34.4 Å². The van der Waals surface area contributed by atoms with E-state index >= 15 is 0 Å². The average Bonchev–Trinajstić information content (AvgIpc) is 1.82. The van der Waals surface area contributed by atoms with Gasteiger partial charge in [0.2, 0.25) is 0 Å². The molecule has 0 saturated heterocycles. The summed E-state index contributed by atoms with van der Waals surface area (Å²) in [4.78, 5) is 0. The number of hydrogen-bond acceptors (Lipinski definition) is 1. The lowest BCUT2D eigenvalue weighted by Crippen LogP contribution is -2.00. The lowest BCUT2D eigenvalue weighted by molar-refractivity contribution is 1.28. The number of aryl methyl sites for hydroxylation is 3. The van der Waals surface area contributed by atoms with E-state index < -0.39 is 0 Å². The van der Waals surface area contributed by atoms with E-state index in [4.69, 9.17) is 5.41 Å². The molecule has 0 aliphatic rings. The molecule has 1 heteroatoms. The first-order valence-electron chi connectivity index (χ1n) is 4.15. The molecule has 1 rings (SSSR count). The van der Waals surface area contributed by atoms with Crippen LogP contribution in [-0.2, 0) is 0 Å². The Labute approximate surface area is 73.9 Å². The second-order valence-electron chi connectivity index (χ2n) is 3.40. The minimum atomic E-state index is 0.657. The smallest absolute Gasteiger partial charge is 0.0360 e. The highest BCUT2D eigenvalue weighted by Crippen LogP contribution is 2.16. The van der Waals surface area contributed by atoms with E-state index in [1.807, 2.05) is 6.92 Å². The Balaban J connectivity index is 3.38. The van der Waals surface area contributed by atoms with Gasteiger partial charge in [0, 0.05) is 11.3 Å². The van der Waals surface area contributed by atoms with Crippen molar-refractivity contribution in [2.75, 3.05) is 0 Å². The number of benzene rings is 1. The summed E-state index contributed by atoms with van der Waals surface area (Å²) in [5.74, 6) is 0. The van der Waals surface area contributed by atoms with E-state index in [0.717, 1.165) is 5.56 Å². The molecule has 0 aliphatic heterocycles. The quantitative estimate of drug-likeness (QED) is 0.612. The average molecular weight is 161 g/mol. The Morgan fingerprint density at radius 2 is 1.50 bits per heavy atom.